The topological polar surface area (TPSA) is 107 Å². The largest absolute Gasteiger partial charge is 0.494 e. The minimum Gasteiger partial charge on any atom is -0.494 e. The van der Waals surface area contributed by atoms with Gasteiger partial charge in [0.05, 0.1) is 29.6 Å². The second-order valence-electron chi connectivity index (χ2n) is 7.99. The van der Waals surface area contributed by atoms with Crippen molar-refractivity contribution in [3.63, 3.8) is 0 Å². The third-order valence-electron chi connectivity index (χ3n) is 5.42. The summed E-state index contributed by atoms with van der Waals surface area (Å²) in [4.78, 5) is 25.7. The van der Waals surface area contributed by atoms with Crippen LogP contribution in [0.1, 0.15) is 23.2 Å². The normalized spacial score (nSPS) is 12.9. The number of nitrogens with zero attached hydrogens (tertiary/aromatic N) is 5. The van der Waals surface area contributed by atoms with Crippen molar-refractivity contribution in [1.29, 1.82) is 0 Å². The zero-order valence-electron chi connectivity index (χ0n) is 18.6. The number of hydrogen-bond donors (Lipinski definition) is 2. The number of benzene rings is 1. The lowest BCUT2D eigenvalue weighted by Crippen LogP contribution is -2.09. The van der Waals surface area contributed by atoms with Crippen LogP contribution in [0.2, 0.25) is 0 Å². The van der Waals surface area contributed by atoms with Crippen LogP contribution in [-0.2, 0) is 7.05 Å². The molecular weight excluding hydrogens is 437 g/mol. The molecular formula is C24H22FN7O2. The van der Waals surface area contributed by atoms with Gasteiger partial charge >= 0.3 is 0 Å². The number of ether oxygens (including phenoxy) is 1. The molecule has 1 aliphatic carbocycles. The lowest BCUT2D eigenvalue weighted by molar-refractivity contribution is 0.0968. The van der Waals surface area contributed by atoms with Crippen LogP contribution >= 0.6 is 0 Å². The molecule has 0 aliphatic heterocycles. The van der Waals surface area contributed by atoms with Crippen molar-refractivity contribution in [2.24, 2.45) is 13.0 Å². The number of Topliss-reactive ketones (excluding diaryl/α,β-unsaturated/α-hetero) is 1. The first-order valence-corrected chi connectivity index (χ1v) is 10.7. The molecule has 0 atom stereocenters. The second-order valence-corrected chi connectivity index (χ2v) is 7.99. The molecule has 1 aliphatic rings. The highest BCUT2D eigenvalue weighted by molar-refractivity contribution is 6.04. The highest BCUT2D eigenvalue weighted by Gasteiger charge is 2.32. The molecule has 1 saturated carbocycles. The Kier molecular flexibility index (Phi) is 5.62. The van der Waals surface area contributed by atoms with Gasteiger partial charge in [-0.15, -0.1) is 0 Å². The lowest BCUT2D eigenvalue weighted by atomic mass is 10.1. The summed E-state index contributed by atoms with van der Waals surface area (Å²) in [7, 11) is 3.36. The molecule has 0 radical (unpaired) electrons. The first kappa shape index (κ1) is 21.5. The Labute approximate surface area is 195 Å². The van der Waals surface area contributed by atoms with Crippen molar-refractivity contribution in [2.75, 3.05) is 17.7 Å². The number of para-hydroxylation sites is 1. The average Bonchev–Trinajstić information content (AvgIpc) is 3.59. The van der Waals surface area contributed by atoms with E-state index in [1.807, 2.05) is 18.2 Å². The third-order valence-corrected chi connectivity index (χ3v) is 5.42. The van der Waals surface area contributed by atoms with Gasteiger partial charge in [-0.3, -0.25) is 9.48 Å². The summed E-state index contributed by atoms with van der Waals surface area (Å²) < 4.78 is 20.9. The van der Waals surface area contributed by atoms with Crippen LogP contribution in [0.3, 0.4) is 0 Å². The predicted molar refractivity (Wildman–Crippen MR) is 125 cm³/mol. The summed E-state index contributed by atoms with van der Waals surface area (Å²) in [6, 6.07) is 9.80. The van der Waals surface area contributed by atoms with Crippen LogP contribution in [0.5, 0.6) is 5.75 Å². The van der Waals surface area contributed by atoms with Crippen molar-refractivity contribution < 1.29 is 13.9 Å². The number of halogens is 1. The Hall–Kier alpha value is -4.34. The molecule has 0 spiro atoms. The highest BCUT2D eigenvalue weighted by atomic mass is 19.1. The zero-order chi connectivity index (χ0) is 23.7. The molecule has 1 aromatic carbocycles. The van der Waals surface area contributed by atoms with Gasteiger partial charge in [0.15, 0.2) is 17.4 Å². The lowest BCUT2D eigenvalue weighted by Gasteiger charge is -2.17. The van der Waals surface area contributed by atoms with Crippen molar-refractivity contribution in [2.45, 2.75) is 12.8 Å². The van der Waals surface area contributed by atoms with Crippen molar-refractivity contribution in [3.8, 4) is 17.1 Å². The molecule has 0 unspecified atom stereocenters. The number of nitrogens with one attached hydrogen (secondary N) is 2. The number of methoxy groups -OCH3 is 1. The summed E-state index contributed by atoms with van der Waals surface area (Å²) in [5.74, 6) is 1.41. The number of rotatable bonds is 8. The van der Waals surface area contributed by atoms with E-state index in [1.54, 1.807) is 31.2 Å². The smallest absolute Gasteiger partial charge is 0.184 e. The fraction of sp³-hybridized carbons (Fsp3) is 0.208. The van der Waals surface area contributed by atoms with Crippen molar-refractivity contribution in [1.82, 2.24) is 24.7 Å². The highest BCUT2D eigenvalue weighted by Crippen LogP contribution is 2.39. The predicted octanol–water partition coefficient (Wildman–Crippen LogP) is 4.50. The molecule has 2 N–H and O–H groups in total. The van der Waals surface area contributed by atoms with E-state index in [4.69, 9.17) is 4.74 Å². The SMILES string of the molecule is COc1c(Nc2cc(Nc3cc(F)ccn3)ncc2C(=O)C2CC2)cccc1-c1ncn(C)n1. The second kappa shape index (κ2) is 8.89. The maximum absolute atomic E-state index is 13.6. The molecule has 9 nitrogen and oxygen atoms in total. The minimum absolute atomic E-state index is 0.0111. The molecule has 4 aromatic rings. The molecule has 0 amide bonds. The molecule has 5 rings (SSSR count). The number of aryl methyl sites for hydroxylation is 1. The first-order valence-electron chi connectivity index (χ1n) is 10.7. The quantitative estimate of drug-likeness (QED) is 0.371. The van der Waals surface area contributed by atoms with E-state index in [0.29, 0.717) is 45.7 Å². The number of ketones is 1. The van der Waals surface area contributed by atoms with Gasteiger partial charge in [0.25, 0.3) is 0 Å². The van der Waals surface area contributed by atoms with E-state index < -0.39 is 5.82 Å². The summed E-state index contributed by atoms with van der Waals surface area (Å²) in [6.45, 7) is 0. The fourth-order valence-electron chi connectivity index (χ4n) is 3.63. The maximum Gasteiger partial charge on any atom is 0.184 e. The monoisotopic (exact) mass is 459 g/mol. The Morgan fingerprint density at radius 2 is 1.91 bits per heavy atom. The Morgan fingerprint density at radius 1 is 1.09 bits per heavy atom. The molecule has 0 bridgehead atoms. The van der Waals surface area contributed by atoms with Crippen LogP contribution in [0.4, 0.5) is 27.4 Å². The Balaban J connectivity index is 1.53. The average molecular weight is 459 g/mol. The standard InChI is InChI=1S/C24H22FN7O2/c1-32-13-28-24(31-32)16-4-3-5-18(23(16)34-2)29-19-11-21(30-20-10-15(25)8-9-26-20)27-12-17(19)22(33)14-6-7-14/h3-5,8-14H,6-7H2,1-2H3,(H2,26,27,29,30). The number of carbonyl (C=O) groups is 1. The Bertz CT molecular complexity index is 1370. The molecule has 3 heterocycles. The van der Waals surface area contributed by atoms with Gasteiger partial charge in [-0.2, -0.15) is 5.10 Å². The van der Waals surface area contributed by atoms with Crippen LogP contribution < -0.4 is 15.4 Å². The van der Waals surface area contributed by atoms with Crippen LogP contribution in [0, 0.1) is 11.7 Å². The van der Waals surface area contributed by atoms with E-state index in [-0.39, 0.29) is 11.7 Å². The van der Waals surface area contributed by atoms with E-state index in [0.717, 1.165) is 12.8 Å². The van der Waals surface area contributed by atoms with Gasteiger partial charge in [-0.05, 0) is 31.0 Å². The van der Waals surface area contributed by atoms with E-state index in [2.05, 4.69) is 30.7 Å². The van der Waals surface area contributed by atoms with Crippen LogP contribution in [-0.4, -0.2) is 37.6 Å². The van der Waals surface area contributed by atoms with E-state index in [9.17, 15) is 9.18 Å². The fourth-order valence-corrected chi connectivity index (χ4v) is 3.63. The minimum atomic E-state index is -0.416. The maximum atomic E-state index is 13.6. The first-order chi connectivity index (χ1) is 16.5. The molecule has 10 heteroatoms. The van der Waals surface area contributed by atoms with Gasteiger partial charge in [-0.25, -0.2) is 19.3 Å². The number of pyridine rings is 2. The number of carbonyl (C=O) groups excluding carboxylic acids is 1. The molecule has 1 fully saturated rings. The summed E-state index contributed by atoms with van der Waals surface area (Å²) in [5.41, 5.74) is 2.37. The third kappa shape index (κ3) is 4.42. The molecule has 3 aromatic heterocycles. The number of hydrogen-bond acceptors (Lipinski definition) is 8. The summed E-state index contributed by atoms with van der Waals surface area (Å²) >= 11 is 0. The van der Waals surface area contributed by atoms with Gasteiger partial charge in [0, 0.05) is 37.5 Å². The summed E-state index contributed by atoms with van der Waals surface area (Å²) in [6.07, 6.45) is 6.25. The van der Waals surface area contributed by atoms with Crippen LogP contribution in [0.25, 0.3) is 11.4 Å². The van der Waals surface area contributed by atoms with E-state index in [1.165, 1.54) is 24.5 Å². The molecule has 0 saturated heterocycles. The van der Waals surface area contributed by atoms with E-state index >= 15 is 0 Å². The van der Waals surface area contributed by atoms with Crippen molar-refractivity contribution >= 4 is 28.8 Å². The number of aromatic nitrogens is 5. The number of anilines is 4. The Morgan fingerprint density at radius 3 is 2.62 bits per heavy atom. The van der Waals surface area contributed by atoms with Gasteiger partial charge in [0.1, 0.15) is 23.8 Å². The zero-order valence-corrected chi connectivity index (χ0v) is 18.6. The molecule has 34 heavy (non-hydrogen) atoms. The van der Waals surface area contributed by atoms with Crippen LogP contribution in [0.15, 0.2) is 55.1 Å². The molecule has 172 valence electrons. The van der Waals surface area contributed by atoms with Gasteiger partial charge < -0.3 is 15.4 Å². The van der Waals surface area contributed by atoms with Gasteiger partial charge in [-0.1, -0.05) is 6.07 Å². The summed E-state index contributed by atoms with van der Waals surface area (Å²) in [5, 5.41) is 10.7. The van der Waals surface area contributed by atoms with Crippen molar-refractivity contribution in [3.05, 3.63) is 66.5 Å². The van der Waals surface area contributed by atoms with Gasteiger partial charge in [0.2, 0.25) is 0 Å².